The summed E-state index contributed by atoms with van der Waals surface area (Å²) in [4.78, 5) is 12.8. The van der Waals surface area contributed by atoms with E-state index in [1.54, 1.807) is 43.3 Å². The minimum Gasteiger partial charge on any atom is -0.496 e. The van der Waals surface area contributed by atoms with E-state index in [2.05, 4.69) is 5.32 Å². The van der Waals surface area contributed by atoms with Crippen molar-refractivity contribution in [3.05, 3.63) is 94.5 Å². The molecule has 3 aromatic rings. The molecule has 0 heterocycles. The van der Waals surface area contributed by atoms with Crippen LogP contribution in [0.5, 0.6) is 5.75 Å². The first-order chi connectivity index (χ1) is 15.3. The van der Waals surface area contributed by atoms with Gasteiger partial charge in [-0.1, -0.05) is 54.1 Å². The maximum Gasteiger partial charge on any atom is 0.243 e. The molecule has 0 saturated heterocycles. The highest BCUT2D eigenvalue weighted by Gasteiger charge is 2.27. The van der Waals surface area contributed by atoms with Gasteiger partial charge in [0.1, 0.15) is 5.75 Å². The van der Waals surface area contributed by atoms with Crippen LogP contribution >= 0.6 is 11.6 Å². The van der Waals surface area contributed by atoms with E-state index in [0.717, 1.165) is 11.1 Å². The van der Waals surface area contributed by atoms with Gasteiger partial charge < -0.3 is 10.1 Å². The second-order valence-electron chi connectivity index (χ2n) is 7.29. The summed E-state index contributed by atoms with van der Waals surface area (Å²) in [5.41, 5.74) is 2.35. The van der Waals surface area contributed by atoms with Gasteiger partial charge >= 0.3 is 0 Å². The van der Waals surface area contributed by atoms with Gasteiger partial charge in [-0.05, 0) is 53.9 Å². The number of carbonyl (C=O) groups excluding carboxylic acids is 1. The predicted molar refractivity (Wildman–Crippen MR) is 125 cm³/mol. The van der Waals surface area contributed by atoms with Gasteiger partial charge in [-0.25, -0.2) is 8.42 Å². The average molecular weight is 473 g/mol. The molecule has 1 amide bonds. The van der Waals surface area contributed by atoms with Gasteiger partial charge in [-0.3, -0.25) is 4.79 Å². The SMILES string of the molecule is COc1ccc(S(=O)(=O)N(CC(=O)NCc2ccc(Cl)cc2)Cc2ccccc2)cc1C. The second-order valence-corrected chi connectivity index (χ2v) is 9.67. The van der Waals surface area contributed by atoms with Gasteiger partial charge in [0, 0.05) is 18.1 Å². The molecule has 0 radical (unpaired) electrons. The van der Waals surface area contributed by atoms with Crippen molar-refractivity contribution < 1.29 is 17.9 Å². The smallest absolute Gasteiger partial charge is 0.243 e. The summed E-state index contributed by atoms with van der Waals surface area (Å²) < 4.78 is 33.3. The van der Waals surface area contributed by atoms with Crippen LogP contribution in [0.15, 0.2) is 77.7 Å². The Kier molecular flexibility index (Phi) is 7.90. The molecule has 0 spiro atoms. The largest absolute Gasteiger partial charge is 0.496 e. The molecule has 0 aliphatic heterocycles. The monoisotopic (exact) mass is 472 g/mol. The number of carbonyl (C=O) groups is 1. The molecule has 0 aromatic heterocycles. The van der Waals surface area contributed by atoms with Gasteiger partial charge in [-0.15, -0.1) is 0 Å². The molecule has 8 heteroatoms. The summed E-state index contributed by atoms with van der Waals surface area (Å²) in [5, 5.41) is 3.39. The quantitative estimate of drug-likeness (QED) is 0.507. The molecule has 32 heavy (non-hydrogen) atoms. The third-order valence-electron chi connectivity index (χ3n) is 4.93. The zero-order valence-electron chi connectivity index (χ0n) is 17.9. The Morgan fingerprint density at radius 3 is 2.31 bits per heavy atom. The van der Waals surface area contributed by atoms with Crippen LogP contribution in [-0.4, -0.2) is 32.3 Å². The van der Waals surface area contributed by atoms with Gasteiger partial charge in [0.15, 0.2) is 0 Å². The van der Waals surface area contributed by atoms with E-state index in [1.807, 2.05) is 30.3 Å². The fourth-order valence-corrected chi connectivity index (χ4v) is 4.79. The molecule has 6 nitrogen and oxygen atoms in total. The number of halogens is 1. The molecule has 0 saturated carbocycles. The predicted octanol–water partition coefficient (Wildman–Crippen LogP) is 4.16. The van der Waals surface area contributed by atoms with Crippen LogP contribution in [0.3, 0.4) is 0 Å². The number of aryl methyl sites for hydroxylation is 1. The van der Waals surface area contributed by atoms with Gasteiger partial charge in [0.25, 0.3) is 0 Å². The third kappa shape index (κ3) is 6.09. The van der Waals surface area contributed by atoms with Crippen molar-refractivity contribution in [2.45, 2.75) is 24.9 Å². The highest BCUT2D eigenvalue weighted by molar-refractivity contribution is 7.89. The molecule has 3 aromatic carbocycles. The lowest BCUT2D eigenvalue weighted by Crippen LogP contribution is -2.40. The van der Waals surface area contributed by atoms with Gasteiger partial charge in [-0.2, -0.15) is 4.31 Å². The zero-order valence-corrected chi connectivity index (χ0v) is 19.5. The molecule has 1 N–H and O–H groups in total. The van der Waals surface area contributed by atoms with Crippen molar-refractivity contribution in [1.82, 2.24) is 9.62 Å². The first-order valence-corrected chi connectivity index (χ1v) is 11.8. The van der Waals surface area contributed by atoms with Crippen LogP contribution in [-0.2, 0) is 27.9 Å². The zero-order chi connectivity index (χ0) is 23.1. The van der Waals surface area contributed by atoms with Crippen LogP contribution in [0.4, 0.5) is 0 Å². The van der Waals surface area contributed by atoms with Crippen molar-refractivity contribution in [3.8, 4) is 5.75 Å². The fraction of sp³-hybridized carbons (Fsp3) is 0.208. The molecule has 3 rings (SSSR count). The maximum absolute atomic E-state index is 13.4. The van der Waals surface area contributed by atoms with Gasteiger partial charge in [0.2, 0.25) is 15.9 Å². The minimum absolute atomic E-state index is 0.0720. The number of hydrogen-bond donors (Lipinski definition) is 1. The number of benzene rings is 3. The summed E-state index contributed by atoms with van der Waals surface area (Å²) in [5.74, 6) is 0.198. The lowest BCUT2D eigenvalue weighted by Gasteiger charge is -2.22. The highest BCUT2D eigenvalue weighted by atomic mass is 35.5. The van der Waals surface area contributed by atoms with Crippen molar-refractivity contribution in [2.75, 3.05) is 13.7 Å². The normalized spacial score (nSPS) is 11.4. The summed E-state index contributed by atoms with van der Waals surface area (Å²) in [6.07, 6.45) is 0. The average Bonchev–Trinajstić information content (AvgIpc) is 2.79. The van der Waals surface area contributed by atoms with Gasteiger partial charge in [0.05, 0.1) is 18.6 Å². The standard InChI is InChI=1S/C24H25ClN2O4S/c1-18-14-22(12-13-23(18)31-2)32(29,30)27(16-20-6-4-3-5-7-20)17-24(28)26-15-19-8-10-21(25)11-9-19/h3-14H,15-17H2,1-2H3,(H,26,28). The summed E-state index contributed by atoms with van der Waals surface area (Å²) in [7, 11) is -2.40. The van der Waals surface area contributed by atoms with Crippen LogP contribution in [0, 0.1) is 6.92 Å². The molecule has 0 aliphatic carbocycles. The topological polar surface area (TPSA) is 75.7 Å². The first kappa shape index (κ1) is 23.8. The molecule has 0 bridgehead atoms. The molecule has 0 aliphatic rings. The Bertz CT molecular complexity index is 1170. The Labute approximate surface area is 193 Å². The first-order valence-electron chi connectivity index (χ1n) is 9.99. The number of ether oxygens (including phenoxy) is 1. The Hall–Kier alpha value is -2.87. The molecular formula is C24H25ClN2O4S. The van der Waals surface area contributed by atoms with E-state index in [0.29, 0.717) is 16.3 Å². The van der Waals surface area contributed by atoms with E-state index in [4.69, 9.17) is 16.3 Å². The number of nitrogens with zero attached hydrogens (tertiary/aromatic N) is 1. The van der Waals surface area contributed by atoms with E-state index < -0.39 is 15.9 Å². The Morgan fingerprint density at radius 2 is 1.69 bits per heavy atom. The summed E-state index contributed by atoms with van der Waals surface area (Å²) >= 11 is 5.89. The molecular weight excluding hydrogens is 448 g/mol. The number of amides is 1. The summed E-state index contributed by atoms with van der Waals surface area (Å²) in [6, 6.07) is 20.9. The lowest BCUT2D eigenvalue weighted by atomic mass is 10.2. The number of hydrogen-bond acceptors (Lipinski definition) is 4. The van der Waals surface area contributed by atoms with Crippen LogP contribution in [0.2, 0.25) is 5.02 Å². The Morgan fingerprint density at radius 1 is 1.00 bits per heavy atom. The van der Waals surface area contributed by atoms with Crippen molar-refractivity contribution in [1.29, 1.82) is 0 Å². The Balaban J connectivity index is 1.81. The van der Waals surface area contributed by atoms with E-state index >= 15 is 0 Å². The number of rotatable bonds is 9. The van der Waals surface area contributed by atoms with Crippen molar-refractivity contribution in [3.63, 3.8) is 0 Å². The fourth-order valence-electron chi connectivity index (χ4n) is 3.19. The molecule has 0 unspecified atom stereocenters. The lowest BCUT2D eigenvalue weighted by molar-refractivity contribution is -0.121. The van der Waals surface area contributed by atoms with Crippen molar-refractivity contribution >= 4 is 27.5 Å². The molecule has 0 atom stereocenters. The molecule has 168 valence electrons. The highest BCUT2D eigenvalue weighted by Crippen LogP contribution is 2.24. The van der Waals surface area contributed by atoms with Crippen LogP contribution < -0.4 is 10.1 Å². The van der Waals surface area contributed by atoms with E-state index in [9.17, 15) is 13.2 Å². The number of nitrogens with one attached hydrogen (secondary N) is 1. The van der Waals surface area contributed by atoms with Crippen LogP contribution in [0.1, 0.15) is 16.7 Å². The molecule has 0 fully saturated rings. The van der Waals surface area contributed by atoms with Crippen LogP contribution in [0.25, 0.3) is 0 Å². The number of methoxy groups -OCH3 is 1. The van der Waals surface area contributed by atoms with E-state index in [-0.39, 0.29) is 24.5 Å². The van der Waals surface area contributed by atoms with Crippen molar-refractivity contribution in [2.24, 2.45) is 0 Å². The minimum atomic E-state index is -3.93. The third-order valence-corrected chi connectivity index (χ3v) is 6.97. The van der Waals surface area contributed by atoms with E-state index in [1.165, 1.54) is 17.5 Å². The number of sulfonamides is 1. The second kappa shape index (κ2) is 10.6. The maximum atomic E-state index is 13.4. The summed E-state index contributed by atoms with van der Waals surface area (Å²) in [6.45, 7) is 1.81.